The van der Waals surface area contributed by atoms with Crippen LogP contribution in [-0.2, 0) is 13.6 Å². The number of aliphatic hydroxyl groups is 1. The summed E-state index contributed by atoms with van der Waals surface area (Å²) in [5.41, 5.74) is 8.30. The number of amidine groups is 1. The van der Waals surface area contributed by atoms with Crippen LogP contribution in [0.5, 0.6) is 0 Å². The molecule has 0 spiro atoms. The molecule has 0 saturated heterocycles. The maximum Gasteiger partial charge on any atom is 0.296 e. The van der Waals surface area contributed by atoms with E-state index in [1.165, 1.54) is 0 Å². The molecule has 0 atom stereocenters. The fraction of sp³-hybridized carbons (Fsp3) is 0.375. The molecule has 1 aromatic carbocycles. The first-order chi connectivity index (χ1) is 9.88. The molecule has 0 radical (unpaired) electrons. The molecule has 0 bridgehead atoms. The van der Waals surface area contributed by atoms with E-state index in [0.717, 1.165) is 23.4 Å². The molecule has 3 N–H and O–H groups in total. The van der Waals surface area contributed by atoms with Crippen molar-refractivity contribution in [2.75, 3.05) is 0 Å². The number of nitrogens with zero attached hydrogens (tertiary/aromatic N) is 3. The van der Waals surface area contributed by atoms with Gasteiger partial charge in [0.1, 0.15) is 22.7 Å². The minimum atomic E-state index is -0.665. The summed E-state index contributed by atoms with van der Waals surface area (Å²) in [7, 11) is 1.99. The standard InChI is InChI=1S/C16H20N4O/c1-5-20-11-9-7-6-8-10(11)19(4)15(20)12-13(21)16(2,3)18-14(12)17/h6-9H,5H2,1-4H3,(H2,17,18)/p+1. The number of para-hydroxylation sites is 2. The lowest BCUT2D eigenvalue weighted by molar-refractivity contribution is -0.648. The zero-order valence-corrected chi connectivity index (χ0v) is 12.9. The van der Waals surface area contributed by atoms with Gasteiger partial charge >= 0.3 is 0 Å². The molecular formula is C16H21N4O+. The average Bonchev–Trinajstić information content (AvgIpc) is 2.82. The number of hydrogen-bond donors (Lipinski definition) is 2. The minimum Gasteiger partial charge on any atom is -0.509 e. The van der Waals surface area contributed by atoms with Crippen LogP contribution in [-0.4, -0.2) is 21.0 Å². The Hall–Kier alpha value is -2.30. The number of nitrogens with two attached hydrogens (primary N) is 1. The molecule has 5 nitrogen and oxygen atoms in total. The lowest BCUT2D eigenvalue weighted by Crippen LogP contribution is -2.35. The summed E-state index contributed by atoms with van der Waals surface area (Å²) in [5, 5.41) is 10.6. The van der Waals surface area contributed by atoms with Crippen molar-refractivity contribution in [1.29, 1.82) is 0 Å². The summed E-state index contributed by atoms with van der Waals surface area (Å²) < 4.78 is 4.22. The molecular weight excluding hydrogens is 264 g/mol. The van der Waals surface area contributed by atoms with Gasteiger partial charge in [-0.25, -0.2) is 9.13 Å². The third kappa shape index (κ3) is 1.77. The second-order valence-electron chi connectivity index (χ2n) is 5.90. The van der Waals surface area contributed by atoms with Crippen molar-refractivity contribution in [2.24, 2.45) is 17.8 Å². The molecule has 110 valence electrons. The van der Waals surface area contributed by atoms with Gasteiger partial charge in [0.05, 0.1) is 13.6 Å². The molecule has 0 saturated carbocycles. The molecule has 1 aromatic heterocycles. The smallest absolute Gasteiger partial charge is 0.296 e. The summed E-state index contributed by atoms with van der Waals surface area (Å²) >= 11 is 0. The first-order valence-electron chi connectivity index (χ1n) is 7.15. The van der Waals surface area contributed by atoms with Gasteiger partial charge in [-0.3, -0.25) is 4.99 Å². The Morgan fingerprint density at radius 3 is 2.57 bits per heavy atom. The average molecular weight is 285 g/mol. The van der Waals surface area contributed by atoms with Crippen LogP contribution >= 0.6 is 0 Å². The molecule has 0 unspecified atom stereocenters. The van der Waals surface area contributed by atoms with E-state index in [9.17, 15) is 5.11 Å². The number of hydrogen-bond acceptors (Lipinski definition) is 3. The van der Waals surface area contributed by atoms with Gasteiger partial charge in [-0.05, 0) is 32.9 Å². The maximum atomic E-state index is 10.6. The Morgan fingerprint density at radius 1 is 1.33 bits per heavy atom. The first-order valence-corrected chi connectivity index (χ1v) is 7.15. The molecule has 1 aliphatic rings. The number of aliphatic hydroxyl groups excluding tert-OH is 1. The zero-order valence-electron chi connectivity index (χ0n) is 12.9. The van der Waals surface area contributed by atoms with Crippen LogP contribution in [0.4, 0.5) is 0 Å². The van der Waals surface area contributed by atoms with E-state index in [4.69, 9.17) is 5.73 Å². The Balaban J connectivity index is 2.39. The Morgan fingerprint density at radius 2 is 2.00 bits per heavy atom. The highest BCUT2D eigenvalue weighted by Gasteiger charge is 2.40. The molecule has 3 rings (SSSR count). The van der Waals surface area contributed by atoms with E-state index < -0.39 is 5.54 Å². The largest absolute Gasteiger partial charge is 0.509 e. The Bertz CT molecular complexity index is 796. The monoisotopic (exact) mass is 285 g/mol. The first kappa shape index (κ1) is 13.7. The topological polar surface area (TPSA) is 67.4 Å². The third-order valence-electron chi connectivity index (χ3n) is 4.12. The molecule has 1 aliphatic heterocycles. The molecule has 0 amide bonds. The highest BCUT2D eigenvalue weighted by molar-refractivity contribution is 6.23. The molecule has 21 heavy (non-hydrogen) atoms. The van der Waals surface area contributed by atoms with Crippen molar-refractivity contribution >= 4 is 22.4 Å². The predicted molar refractivity (Wildman–Crippen MR) is 84.0 cm³/mol. The number of aryl methyl sites for hydroxylation is 2. The number of aromatic nitrogens is 2. The van der Waals surface area contributed by atoms with Crippen LogP contribution in [0.3, 0.4) is 0 Å². The van der Waals surface area contributed by atoms with Gasteiger partial charge in [0, 0.05) is 0 Å². The predicted octanol–water partition coefficient (Wildman–Crippen LogP) is 1.90. The summed E-state index contributed by atoms with van der Waals surface area (Å²) in [6.45, 7) is 6.60. The summed E-state index contributed by atoms with van der Waals surface area (Å²) in [4.78, 5) is 4.39. The van der Waals surface area contributed by atoms with Gasteiger partial charge in [0.25, 0.3) is 5.82 Å². The normalized spacial score (nSPS) is 17.6. The van der Waals surface area contributed by atoms with E-state index in [0.29, 0.717) is 11.4 Å². The van der Waals surface area contributed by atoms with Crippen LogP contribution < -0.4 is 10.3 Å². The zero-order chi connectivity index (χ0) is 15.4. The van der Waals surface area contributed by atoms with Gasteiger partial charge in [-0.15, -0.1) is 0 Å². The minimum absolute atomic E-state index is 0.230. The van der Waals surface area contributed by atoms with Crippen molar-refractivity contribution in [3.05, 3.63) is 35.8 Å². The number of aliphatic imine (C=N–C) groups is 1. The van der Waals surface area contributed by atoms with Crippen molar-refractivity contribution in [3.63, 3.8) is 0 Å². The summed E-state index contributed by atoms with van der Waals surface area (Å²) in [6, 6.07) is 8.17. The van der Waals surface area contributed by atoms with Crippen LogP contribution in [0.1, 0.15) is 26.6 Å². The lowest BCUT2D eigenvalue weighted by Gasteiger charge is -2.13. The SMILES string of the molecule is CCn1c(C2=C(O)C(C)(C)N=C2N)[n+](C)c2ccccc21. The Labute approximate surface area is 124 Å². The van der Waals surface area contributed by atoms with Crippen molar-refractivity contribution in [1.82, 2.24) is 4.57 Å². The molecule has 0 aliphatic carbocycles. The maximum absolute atomic E-state index is 10.6. The number of benzene rings is 1. The van der Waals surface area contributed by atoms with Gasteiger partial charge in [0.15, 0.2) is 11.0 Å². The van der Waals surface area contributed by atoms with Gasteiger partial charge in [0.2, 0.25) is 0 Å². The Kier molecular flexibility index (Phi) is 2.83. The number of imidazole rings is 1. The molecule has 2 aromatic rings. The molecule has 5 heteroatoms. The third-order valence-corrected chi connectivity index (χ3v) is 4.12. The summed E-state index contributed by atoms with van der Waals surface area (Å²) in [6.07, 6.45) is 0. The van der Waals surface area contributed by atoms with Crippen molar-refractivity contribution < 1.29 is 9.67 Å². The second kappa shape index (κ2) is 4.35. The van der Waals surface area contributed by atoms with Crippen LogP contribution in [0, 0.1) is 0 Å². The molecule has 0 fully saturated rings. The summed E-state index contributed by atoms with van der Waals surface area (Å²) in [5.74, 6) is 1.52. The van der Waals surface area contributed by atoms with Gasteiger partial charge in [-0.1, -0.05) is 12.1 Å². The van der Waals surface area contributed by atoms with Crippen LogP contribution in [0.15, 0.2) is 35.0 Å². The van der Waals surface area contributed by atoms with Crippen LogP contribution in [0.2, 0.25) is 0 Å². The lowest BCUT2D eigenvalue weighted by atomic mass is 10.0. The second-order valence-corrected chi connectivity index (χ2v) is 5.90. The fourth-order valence-corrected chi connectivity index (χ4v) is 3.07. The number of fused-ring (bicyclic) bond motifs is 1. The van der Waals surface area contributed by atoms with Gasteiger partial charge in [-0.2, -0.15) is 0 Å². The quantitative estimate of drug-likeness (QED) is 0.828. The fourth-order valence-electron chi connectivity index (χ4n) is 3.07. The van der Waals surface area contributed by atoms with Gasteiger partial charge < -0.3 is 10.8 Å². The van der Waals surface area contributed by atoms with E-state index in [1.807, 2.05) is 33.0 Å². The van der Waals surface area contributed by atoms with E-state index >= 15 is 0 Å². The van der Waals surface area contributed by atoms with Crippen LogP contribution in [0.25, 0.3) is 16.6 Å². The highest BCUT2D eigenvalue weighted by atomic mass is 16.3. The van der Waals surface area contributed by atoms with E-state index in [-0.39, 0.29) is 5.76 Å². The van der Waals surface area contributed by atoms with E-state index in [1.54, 1.807) is 0 Å². The van der Waals surface area contributed by atoms with E-state index in [2.05, 4.69) is 33.2 Å². The molecule has 2 heterocycles. The van der Waals surface area contributed by atoms with Crippen molar-refractivity contribution in [3.8, 4) is 0 Å². The van der Waals surface area contributed by atoms with Crippen molar-refractivity contribution in [2.45, 2.75) is 32.9 Å². The number of rotatable bonds is 2. The highest BCUT2D eigenvalue weighted by Crippen LogP contribution is 2.34.